The normalized spacial score (nSPS) is 25.6. The van der Waals surface area contributed by atoms with Crippen molar-refractivity contribution < 1.29 is 14.9 Å². The number of ether oxygens (including phenoxy) is 1. The van der Waals surface area contributed by atoms with Crippen molar-refractivity contribution in [2.45, 2.75) is 39.4 Å². The van der Waals surface area contributed by atoms with Crippen LogP contribution in [-0.4, -0.2) is 29.5 Å². The van der Waals surface area contributed by atoms with E-state index in [0.717, 1.165) is 5.57 Å². The molecule has 0 bridgehead atoms. The lowest BCUT2D eigenvalue weighted by atomic mass is 9.81. The first-order valence-corrected chi connectivity index (χ1v) is 6.30. The molecule has 0 aliphatic heterocycles. The predicted octanol–water partition coefficient (Wildman–Crippen LogP) is 2.74. The van der Waals surface area contributed by atoms with Crippen LogP contribution in [-0.2, 0) is 4.74 Å². The van der Waals surface area contributed by atoms with Crippen LogP contribution in [0.25, 0.3) is 0 Å². The molecule has 0 spiro atoms. The van der Waals surface area contributed by atoms with Gasteiger partial charge >= 0.3 is 0 Å². The van der Waals surface area contributed by atoms with E-state index in [0.29, 0.717) is 17.2 Å². The van der Waals surface area contributed by atoms with Crippen LogP contribution >= 0.6 is 11.6 Å². The van der Waals surface area contributed by atoms with Crippen molar-refractivity contribution in [3.63, 3.8) is 0 Å². The molecule has 2 N–H and O–H groups in total. The minimum absolute atomic E-state index is 0.186. The summed E-state index contributed by atoms with van der Waals surface area (Å²) in [6.45, 7) is 5.89. The highest BCUT2D eigenvalue weighted by Gasteiger charge is 2.27. The second kappa shape index (κ2) is 5.91. The number of methoxy groups -OCH3 is 1. The Morgan fingerprint density at radius 1 is 1.44 bits per heavy atom. The Morgan fingerprint density at radius 3 is 2.56 bits per heavy atom. The molecule has 0 saturated carbocycles. The van der Waals surface area contributed by atoms with Gasteiger partial charge in [-0.1, -0.05) is 31.5 Å². The Labute approximate surface area is 113 Å². The summed E-state index contributed by atoms with van der Waals surface area (Å²) in [7, 11) is 1.48. The first kappa shape index (κ1) is 15.3. The topological polar surface area (TPSA) is 49.7 Å². The first-order chi connectivity index (χ1) is 8.25. The zero-order valence-corrected chi connectivity index (χ0v) is 12.0. The van der Waals surface area contributed by atoms with Crippen LogP contribution in [0.15, 0.2) is 34.6 Å². The van der Waals surface area contributed by atoms with Gasteiger partial charge in [0.15, 0.2) is 0 Å². The molecule has 0 fully saturated rings. The second-order valence-electron chi connectivity index (χ2n) is 5.30. The maximum absolute atomic E-state index is 10.1. The Hall–Kier alpha value is -0.770. The van der Waals surface area contributed by atoms with Gasteiger partial charge in [0.1, 0.15) is 11.9 Å². The first-order valence-electron chi connectivity index (χ1n) is 5.92. The standard InChI is InChI=1S/C14H21ClO3/c1-9(15)7-14(2,3)8-10-5-11(16)6-12(18-4)13(10)17/h5-7,11,13,16-17H,8H2,1-4H3. The highest BCUT2D eigenvalue weighted by molar-refractivity contribution is 6.29. The van der Waals surface area contributed by atoms with Crippen molar-refractivity contribution in [3.8, 4) is 0 Å². The van der Waals surface area contributed by atoms with Crippen molar-refractivity contribution in [1.29, 1.82) is 0 Å². The van der Waals surface area contributed by atoms with Gasteiger partial charge in [0.25, 0.3) is 0 Å². The van der Waals surface area contributed by atoms with Crippen molar-refractivity contribution >= 4 is 11.6 Å². The van der Waals surface area contributed by atoms with Gasteiger partial charge in [-0.2, -0.15) is 0 Å². The molecule has 1 rings (SSSR count). The van der Waals surface area contributed by atoms with E-state index < -0.39 is 12.2 Å². The fourth-order valence-electron chi connectivity index (χ4n) is 2.25. The van der Waals surface area contributed by atoms with Crippen LogP contribution in [0.3, 0.4) is 0 Å². The van der Waals surface area contributed by atoms with Crippen LogP contribution < -0.4 is 0 Å². The molecule has 1 aliphatic carbocycles. The van der Waals surface area contributed by atoms with Crippen molar-refractivity contribution in [3.05, 3.63) is 34.6 Å². The molecule has 2 unspecified atom stereocenters. The number of aliphatic hydroxyl groups excluding tert-OH is 2. The predicted molar refractivity (Wildman–Crippen MR) is 73.2 cm³/mol. The Kier molecular flexibility index (Phi) is 5.02. The Morgan fingerprint density at radius 2 is 2.06 bits per heavy atom. The number of hydrogen-bond acceptors (Lipinski definition) is 3. The number of allylic oxidation sites excluding steroid dienone is 2. The van der Waals surface area contributed by atoms with Gasteiger partial charge in [-0.15, -0.1) is 0 Å². The minimum atomic E-state index is -0.790. The molecule has 18 heavy (non-hydrogen) atoms. The van der Waals surface area contributed by atoms with Crippen LogP contribution in [0.4, 0.5) is 0 Å². The monoisotopic (exact) mass is 272 g/mol. The van der Waals surface area contributed by atoms with E-state index in [2.05, 4.69) is 0 Å². The van der Waals surface area contributed by atoms with Crippen LogP contribution in [0.2, 0.25) is 0 Å². The molecule has 3 nitrogen and oxygen atoms in total. The maximum Gasteiger partial charge on any atom is 0.132 e. The lowest BCUT2D eigenvalue weighted by molar-refractivity contribution is 0.132. The van der Waals surface area contributed by atoms with E-state index in [-0.39, 0.29) is 5.41 Å². The SMILES string of the molecule is COC1=CC(O)C=C(CC(C)(C)C=C(C)Cl)C1O. The quantitative estimate of drug-likeness (QED) is 0.774. The zero-order valence-electron chi connectivity index (χ0n) is 11.3. The molecule has 0 aromatic rings. The fourth-order valence-corrected chi connectivity index (χ4v) is 2.55. The Balaban J connectivity index is 2.88. The lowest BCUT2D eigenvalue weighted by Gasteiger charge is -2.29. The average Bonchev–Trinajstić information content (AvgIpc) is 2.20. The minimum Gasteiger partial charge on any atom is -0.498 e. The molecule has 0 aromatic heterocycles. The average molecular weight is 273 g/mol. The van der Waals surface area contributed by atoms with Crippen molar-refractivity contribution in [2.75, 3.05) is 7.11 Å². The van der Waals surface area contributed by atoms with Gasteiger partial charge < -0.3 is 14.9 Å². The van der Waals surface area contributed by atoms with E-state index in [1.54, 1.807) is 6.08 Å². The third kappa shape index (κ3) is 4.16. The Bertz CT molecular complexity index is 390. The van der Waals surface area contributed by atoms with Crippen molar-refractivity contribution in [1.82, 2.24) is 0 Å². The zero-order chi connectivity index (χ0) is 13.9. The van der Waals surface area contributed by atoms with E-state index >= 15 is 0 Å². The smallest absolute Gasteiger partial charge is 0.132 e. The molecular weight excluding hydrogens is 252 g/mol. The summed E-state index contributed by atoms with van der Waals surface area (Å²) in [6.07, 6.45) is 4.21. The largest absolute Gasteiger partial charge is 0.498 e. The van der Waals surface area contributed by atoms with Gasteiger partial charge in [-0.3, -0.25) is 0 Å². The molecule has 0 amide bonds. The maximum atomic E-state index is 10.1. The molecule has 102 valence electrons. The van der Waals surface area contributed by atoms with E-state index in [1.807, 2.05) is 26.8 Å². The second-order valence-corrected chi connectivity index (χ2v) is 5.90. The third-order valence-corrected chi connectivity index (χ3v) is 2.93. The number of rotatable bonds is 4. The van der Waals surface area contributed by atoms with Gasteiger partial charge in [-0.05, 0) is 36.5 Å². The van der Waals surface area contributed by atoms with Crippen LogP contribution in [0.1, 0.15) is 27.2 Å². The summed E-state index contributed by atoms with van der Waals surface area (Å²) in [4.78, 5) is 0. The number of hydrogen-bond donors (Lipinski definition) is 2. The van der Waals surface area contributed by atoms with Crippen molar-refractivity contribution in [2.24, 2.45) is 5.41 Å². The molecule has 0 aromatic carbocycles. The molecular formula is C14H21ClO3. The third-order valence-electron chi connectivity index (χ3n) is 2.83. The molecule has 4 heteroatoms. The van der Waals surface area contributed by atoms with Gasteiger partial charge in [-0.25, -0.2) is 0 Å². The van der Waals surface area contributed by atoms with E-state index in [9.17, 15) is 10.2 Å². The molecule has 0 saturated heterocycles. The summed E-state index contributed by atoms with van der Waals surface area (Å²) in [5.41, 5.74) is 0.565. The molecule has 0 radical (unpaired) electrons. The molecule has 0 heterocycles. The summed E-state index contributed by atoms with van der Waals surface area (Å²) in [6, 6.07) is 0. The van der Waals surface area contributed by atoms with E-state index in [4.69, 9.17) is 16.3 Å². The van der Waals surface area contributed by atoms with Gasteiger partial charge in [0.05, 0.1) is 13.2 Å². The summed E-state index contributed by atoms with van der Waals surface area (Å²) in [5, 5.41) is 20.5. The number of aliphatic hydroxyl groups is 2. The van der Waals surface area contributed by atoms with Crippen LogP contribution in [0, 0.1) is 5.41 Å². The highest BCUT2D eigenvalue weighted by Crippen LogP contribution is 2.33. The highest BCUT2D eigenvalue weighted by atomic mass is 35.5. The summed E-state index contributed by atoms with van der Waals surface area (Å²) >= 11 is 5.89. The van der Waals surface area contributed by atoms with Crippen LogP contribution in [0.5, 0.6) is 0 Å². The summed E-state index contributed by atoms with van der Waals surface area (Å²) in [5.74, 6) is 0.391. The summed E-state index contributed by atoms with van der Waals surface area (Å²) < 4.78 is 5.07. The number of halogens is 1. The molecule has 2 atom stereocenters. The van der Waals surface area contributed by atoms with E-state index in [1.165, 1.54) is 13.2 Å². The van der Waals surface area contributed by atoms with Gasteiger partial charge in [0.2, 0.25) is 0 Å². The lowest BCUT2D eigenvalue weighted by Crippen LogP contribution is -2.26. The molecule has 1 aliphatic rings. The fraction of sp³-hybridized carbons (Fsp3) is 0.571. The van der Waals surface area contributed by atoms with Gasteiger partial charge in [0, 0.05) is 5.03 Å².